The Morgan fingerprint density at radius 2 is 1.95 bits per heavy atom. The number of halogens is 2. The maximum atomic E-state index is 11.9. The highest BCUT2D eigenvalue weighted by molar-refractivity contribution is 6.44. The number of hydrogen-bond acceptors (Lipinski definition) is 4. The number of esters is 1. The zero-order valence-corrected chi connectivity index (χ0v) is 13.6. The lowest BCUT2D eigenvalue weighted by Crippen LogP contribution is -2.31. The second-order valence-corrected chi connectivity index (χ2v) is 5.24. The zero-order valence-electron chi connectivity index (χ0n) is 12.1. The maximum Gasteiger partial charge on any atom is 0.308 e. The molecule has 0 saturated carbocycles. The van der Waals surface area contributed by atoms with E-state index in [1.54, 1.807) is 18.2 Å². The van der Waals surface area contributed by atoms with Gasteiger partial charge in [0.25, 0.3) is 5.91 Å². The highest BCUT2D eigenvalue weighted by atomic mass is 35.5. The molecular weight excluding hydrogens is 331 g/mol. The SMILES string of the molecule is CC(=O)NCCC(=O)O[C@@H](C)C(=O)Nc1cccc(Cl)c1Cl. The molecule has 2 N–H and O–H groups in total. The number of rotatable bonds is 6. The van der Waals surface area contributed by atoms with Crippen molar-refractivity contribution in [2.45, 2.75) is 26.4 Å². The first-order valence-electron chi connectivity index (χ1n) is 6.50. The van der Waals surface area contributed by atoms with Crippen LogP contribution in [0.2, 0.25) is 10.0 Å². The molecule has 0 aliphatic carbocycles. The first-order valence-corrected chi connectivity index (χ1v) is 7.25. The van der Waals surface area contributed by atoms with E-state index in [1.807, 2.05) is 0 Å². The van der Waals surface area contributed by atoms with Crippen molar-refractivity contribution >= 4 is 46.7 Å². The van der Waals surface area contributed by atoms with E-state index in [9.17, 15) is 14.4 Å². The molecule has 2 amide bonds. The van der Waals surface area contributed by atoms with Gasteiger partial charge in [-0.15, -0.1) is 0 Å². The summed E-state index contributed by atoms with van der Waals surface area (Å²) in [6.07, 6.45) is -1.02. The van der Waals surface area contributed by atoms with Gasteiger partial charge in [-0.2, -0.15) is 0 Å². The average molecular weight is 347 g/mol. The van der Waals surface area contributed by atoms with Gasteiger partial charge >= 0.3 is 5.97 Å². The third-order valence-corrected chi connectivity index (χ3v) is 3.41. The molecule has 6 nitrogen and oxygen atoms in total. The van der Waals surface area contributed by atoms with Crippen molar-refractivity contribution in [1.29, 1.82) is 0 Å². The van der Waals surface area contributed by atoms with E-state index in [1.165, 1.54) is 13.8 Å². The van der Waals surface area contributed by atoms with Crippen LogP contribution in [0, 0.1) is 0 Å². The van der Waals surface area contributed by atoms with Crippen molar-refractivity contribution < 1.29 is 19.1 Å². The van der Waals surface area contributed by atoms with Crippen LogP contribution in [0.1, 0.15) is 20.3 Å². The molecule has 1 aromatic rings. The molecule has 0 radical (unpaired) electrons. The molecule has 0 unspecified atom stereocenters. The number of hydrogen-bond donors (Lipinski definition) is 2. The minimum absolute atomic E-state index is 0.0187. The molecule has 0 saturated heterocycles. The fourth-order valence-electron chi connectivity index (χ4n) is 1.48. The van der Waals surface area contributed by atoms with Gasteiger partial charge in [0.05, 0.1) is 22.2 Å². The van der Waals surface area contributed by atoms with Gasteiger partial charge in [0.15, 0.2) is 6.10 Å². The van der Waals surface area contributed by atoms with Crippen LogP contribution in [0.3, 0.4) is 0 Å². The predicted octanol–water partition coefficient (Wildman–Crippen LogP) is 2.39. The lowest BCUT2D eigenvalue weighted by Gasteiger charge is -2.14. The summed E-state index contributed by atoms with van der Waals surface area (Å²) in [5.41, 5.74) is 0.334. The number of ether oxygens (including phenoxy) is 1. The third-order valence-electron chi connectivity index (χ3n) is 2.59. The van der Waals surface area contributed by atoms with Gasteiger partial charge in [-0.25, -0.2) is 0 Å². The Hall–Kier alpha value is -1.79. The highest BCUT2D eigenvalue weighted by Crippen LogP contribution is 2.29. The maximum absolute atomic E-state index is 11.9. The van der Waals surface area contributed by atoms with Crippen LogP contribution in [0.5, 0.6) is 0 Å². The summed E-state index contributed by atoms with van der Waals surface area (Å²) in [5, 5.41) is 5.50. The van der Waals surface area contributed by atoms with Crippen molar-refractivity contribution in [3.63, 3.8) is 0 Å². The van der Waals surface area contributed by atoms with Crippen LogP contribution < -0.4 is 10.6 Å². The Balaban J connectivity index is 2.49. The molecule has 0 bridgehead atoms. The molecule has 0 heterocycles. The molecule has 120 valence electrons. The summed E-state index contributed by atoms with van der Waals surface area (Å²) in [6, 6.07) is 4.80. The number of nitrogens with one attached hydrogen (secondary N) is 2. The van der Waals surface area contributed by atoms with Crippen LogP contribution in [0.25, 0.3) is 0 Å². The molecule has 0 fully saturated rings. The molecule has 8 heteroatoms. The van der Waals surface area contributed by atoms with Gasteiger partial charge in [-0.1, -0.05) is 29.3 Å². The fourth-order valence-corrected chi connectivity index (χ4v) is 1.83. The Kier molecular flexibility index (Phi) is 7.14. The Bertz CT molecular complexity index is 578. The summed E-state index contributed by atoms with van der Waals surface area (Å²) in [7, 11) is 0. The van der Waals surface area contributed by atoms with Crippen LogP contribution in [-0.4, -0.2) is 30.4 Å². The van der Waals surface area contributed by atoms with Gasteiger partial charge in [0.2, 0.25) is 5.91 Å². The van der Waals surface area contributed by atoms with Crippen LogP contribution in [-0.2, 0) is 19.1 Å². The van der Waals surface area contributed by atoms with E-state index in [0.29, 0.717) is 10.7 Å². The average Bonchev–Trinajstić information content (AvgIpc) is 2.43. The molecule has 1 atom stereocenters. The van der Waals surface area contributed by atoms with E-state index >= 15 is 0 Å². The quantitative estimate of drug-likeness (QED) is 0.774. The molecular formula is C14H16Cl2N2O4. The number of carbonyl (C=O) groups excluding carboxylic acids is 3. The molecule has 0 spiro atoms. The first-order chi connectivity index (χ1) is 10.3. The zero-order chi connectivity index (χ0) is 16.7. The fraction of sp³-hybridized carbons (Fsp3) is 0.357. The number of benzene rings is 1. The molecule has 22 heavy (non-hydrogen) atoms. The van der Waals surface area contributed by atoms with Crippen molar-refractivity contribution in [2.24, 2.45) is 0 Å². The second-order valence-electron chi connectivity index (χ2n) is 4.46. The summed E-state index contributed by atoms with van der Waals surface area (Å²) in [4.78, 5) is 34.1. The largest absolute Gasteiger partial charge is 0.452 e. The van der Waals surface area contributed by atoms with E-state index in [-0.39, 0.29) is 23.9 Å². The predicted molar refractivity (Wildman–Crippen MR) is 83.9 cm³/mol. The minimum atomic E-state index is -1.00. The van der Waals surface area contributed by atoms with Gasteiger partial charge in [0.1, 0.15) is 0 Å². The second kappa shape index (κ2) is 8.60. The Morgan fingerprint density at radius 3 is 2.59 bits per heavy atom. The molecule has 1 rings (SSSR count). The van der Waals surface area contributed by atoms with Crippen LogP contribution in [0.15, 0.2) is 18.2 Å². The molecule has 0 aromatic heterocycles. The van der Waals surface area contributed by atoms with E-state index < -0.39 is 18.0 Å². The van der Waals surface area contributed by atoms with Crippen molar-refractivity contribution in [3.05, 3.63) is 28.2 Å². The summed E-state index contributed by atoms with van der Waals surface area (Å²) < 4.78 is 4.96. The summed E-state index contributed by atoms with van der Waals surface area (Å²) >= 11 is 11.8. The van der Waals surface area contributed by atoms with Crippen LogP contribution >= 0.6 is 23.2 Å². The highest BCUT2D eigenvalue weighted by Gasteiger charge is 2.19. The number of amides is 2. The molecule has 0 aliphatic heterocycles. The first kappa shape index (κ1) is 18.3. The summed E-state index contributed by atoms with van der Waals surface area (Å²) in [5.74, 6) is -1.36. The van der Waals surface area contributed by atoms with Gasteiger partial charge in [-0.3, -0.25) is 14.4 Å². The lowest BCUT2D eigenvalue weighted by molar-refractivity contribution is -0.153. The number of anilines is 1. The van der Waals surface area contributed by atoms with Crippen molar-refractivity contribution in [3.8, 4) is 0 Å². The van der Waals surface area contributed by atoms with E-state index in [4.69, 9.17) is 27.9 Å². The van der Waals surface area contributed by atoms with Crippen LogP contribution in [0.4, 0.5) is 5.69 Å². The smallest absolute Gasteiger partial charge is 0.308 e. The lowest BCUT2D eigenvalue weighted by atomic mass is 10.3. The topological polar surface area (TPSA) is 84.5 Å². The van der Waals surface area contributed by atoms with Crippen molar-refractivity contribution in [1.82, 2.24) is 5.32 Å². The van der Waals surface area contributed by atoms with Gasteiger partial charge in [0, 0.05) is 13.5 Å². The Morgan fingerprint density at radius 1 is 1.27 bits per heavy atom. The van der Waals surface area contributed by atoms with Gasteiger partial charge in [-0.05, 0) is 19.1 Å². The molecule has 0 aliphatic rings. The third kappa shape index (κ3) is 5.91. The minimum Gasteiger partial charge on any atom is -0.452 e. The Labute approximate surface area is 138 Å². The van der Waals surface area contributed by atoms with Gasteiger partial charge < -0.3 is 15.4 Å². The molecule has 1 aromatic carbocycles. The van der Waals surface area contributed by atoms with E-state index in [0.717, 1.165) is 0 Å². The number of carbonyl (C=O) groups is 3. The van der Waals surface area contributed by atoms with E-state index in [2.05, 4.69) is 10.6 Å². The standard InChI is InChI=1S/C14H16Cl2N2O4/c1-8(22-12(20)6-7-17-9(2)19)14(21)18-11-5-3-4-10(15)13(11)16/h3-5,8H,6-7H2,1-2H3,(H,17,19)(H,18,21)/t8-/m0/s1. The summed E-state index contributed by atoms with van der Waals surface area (Å²) in [6.45, 7) is 2.93. The monoisotopic (exact) mass is 346 g/mol. The van der Waals surface area contributed by atoms with Crippen molar-refractivity contribution in [2.75, 3.05) is 11.9 Å². The normalized spacial score (nSPS) is 11.5.